The van der Waals surface area contributed by atoms with Crippen LogP contribution in [0.1, 0.15) is 41.2 Å². The topological polar surface area (TPSA) is 59.2 Å². The van der Waals surface area contributed by atoms with Crippen molar-refractivity contribution in [3.05, 3.63) is 16.1 Å². The van der Waals surface area contributed by atoms with Gasteiger partial charge in [-0.1, -0.05) is 12.8 Å². The van der Waals surface area contributed by atoms with Crippen molar-refractivity contribution in [3.8, 4) is 0 Å². The van der Waals surface area contributed by atoms with Gasteiger partial charge in [0.25, 0.3) is 5.91 Å². The molecule has 88 valence electrons. The molecule has 1 saturated carbocycles. The zero-order chi connectivity index (χ0) is 11.5. The fourth-order valence-electron chi connectivity index (χ4n) is 2.14. The van der Waals surface area contributed by atoms with E-state index >= 15 is 0 Å². The Morgan fingerprint density at radius 2 is 2.31 bits per heavy atom. The molecule has 4 nitrogen and oxygen atoms in total. The van der Waals surface area contributed by atoms with Gasteiger partial charge < -0.3 is 10.6 Å². The fourth-order valence-corrected chi connectivity index (χ4v) is 2.79. The van der Waals surface area contributed by atoms with Crippen LogP contribution in [-0.2, 0) is 6.54 Å². The van der Waals surface area contributed by atoms with Gasteiger partial charge in [-0.15, -0.1) is 11.3 Å². The van der Waals surface area contributed by atoms with Gasteiger partial charge in [0.2, 0.25) is 0 Å². The minimum atomic E-state index is 0.0304. The van der Waals surface area contributed by atoms with Crippen LogP contribution < -0.4 is 5.73 Å². The van der Waals surface area contributed by atoms with E-state index in [4.69, 9.17) is 5.73 Å². The summed E-state index contributed by atoms with van der Waals surface area (Å²) >= 11 is 1.45. The molecule has 0 unspecified atom stereocenters. The van der Waals surface area contributed by atoms with E-state index in [2.05, 4.69) is 4.98 Å². The summed E-state index contributed by atoms with van der Waals surface area (Å²) in [6.07, 6.45) is 4.70. The maximum absolute atomic E-state index is 12.1. The summed E-state index contributed by atoms with van der Waals surface area (Å²) in [6, 6.07) is 0.399. The molecule has 0 saturated heterocycles. The summed E-state index contributed by atoms with van der Waals surface area (Å²) in [5.74, 6) is 0.0304. The number of hydrogen-bond acceptors (Lipinski definition) is 4. The predicted molar refractivity (Wildman–Crippen MR) is 64.4 cm³/mol. The lowest BCUT2D eigenvalue weighted by Crippen LogP contribution is -2.35. The van der Waals surface area contributed by atoms with Gasteiger partial charge in [0.15, 0.2) is 0 Å². The molecule has 0 bridgehead atoms. The van der Waals surface area contributed by atoms with Crippen LogP contribution in [-0.4, -0.2) is 28.9 Å². The normalized spacial score (nSPS) is 16.6. The number of nitrogens with two attached hydrogens (primary N) is 1. The Morgan fingerprint density at radius 3 is 2.88 bits per heavy atom. The number of carbonyl (C=O) groups excluding carboxylic acids is 1. The SMILES string of the molecule is CN(C(=O)c1csc(CN)n1)C1CCCC1. The van der Waals surface area contributed by atoms with Gasteiger partial charge in [0.1, 0.15) is 10.7 Å². The Balaban J connectivity index is 2.05. The third-order valence-corrected chi connectivity index (χ3v) is 4.01. The van der Waals surface area contributed by atoms with Gasteiger partial charge in [-0.05, 0) is 12.8 Å². The van der Waals surface area contributed by atoms with Gasteiger partial charge in [0, 0.05) is 25.0 Å². The third-order valence-electron chi connectivity index (χ3n) is 3.14. The fraction of sp³-hybridized carbons (Fsp3) is 0.636. The number of carbonyl (C=O) groups is 1. The van der Waals surface area contributed by atoms with Crippen LogP contribution in [0.15, 0.2) is 5.38 Å². The zero-order valence-corrected chi connectivity index (χ0v) is 10.3. The molecule has 0 atom stereocenters. The number of aromatic nitrogens is 1. The van der Waals surface area contributed by atoms with Crippen LogP contribution in [0.4, 0.5) is 0 Å². The molecule has 1 aromatic rings. The molecule has 0 spiro atoms. The van der Waals surface area contributed by atoms with Crippen molar-refractivity contribution in [1.82, 2.24) is 9.88 Å². The van der Waals surface area contributed by atoms with Crippen LogP contribution in [0.2, 0.25) is 0 Å². The van der Waals surface area contributed by atoms with E-state index in [1.807, 2.05) is 11.9 Å². The molecule has 0 radical (unpaired) electrons. The smallest absolute Gasteiger partial charge is 0.273 e. The van der Waals surface area contributed by atoms with Crippen molar-refractivity contribution in [3.63, 3.8) is 0 Å². The number of nitrogens with zero attached hydrogens (tertiary/aromatic N) is 2. The van der Waals surface area contributed by atoms with E-state index in [9.17, 15) is 4.79 Å². The molecule has 1 fully saturated rings. The molecule has 1 heterocycles. The lowest BCUT2D eigenvalue weighted by molar-refractivity contribution is 0.0730. The summed E-state index contributed by atoms with van der Waals surface area (Å²) in [6.45, 7) is 0.408. The molecule has 16 heavy (non-hydrogen) atoms. The van der Waals surface area contributed by atoms with Crippen molar-refractivity contribution >= 4 is 17.2 Å². The van der Waals surface area contributed by atoms with Gasteiger partial charge in [-0.25, -0.2) is 4.98 Å². The van der Waals surface area contributed by atoms with E-state index in [0.717, 1.165) is 17.8 Å². The minimum Gasteiger partial charge on any atom is -0.337 e. The molecular weight excluding hydrogens is 222 g/mol. The Morgan fingerprint density at radius 1 is 1.62 bits per heavy atom. The van der Waals surface area contributed by atoms with Crippen molar-refractivity contribution in [1.29, 1.82) is 0 Å². The Bertz CT molecular complexity index is 371. The zero-order valence-electron chi connectivity index (χ0n) is 9.48. The van der Waals surface area contributed by atoms with Crippen molar-refractivity contribution < 1.29 is 4.79 Å². The average Bonchev–Trinajstić information content (AvgIpc) is 2.97. The first-order chi connectivity index (χ1) is 7.72. The minimum absolute atomic E-state index is 0.0304. The second kappa shape index (κ2) is 4.93. The molecule has 5 heteroatoms. The summed E-state index contributed by atoms with van der Waals surface area (Å²) in [5.41, 5.74) is 6.03. The van der Waals surface area contributed by atoms with Crippen molar-refractivity contribution in [2.45, 2.75) is 38.3 Å². The lowest BCUT2D eigenvalue weighted by Gasteiger charge is -2.23. The second-order valence-electron chi connectivity index (χ2n) is 4.18. The highest BCUT2D eigenvalue weighted by Crippen LogP contribution is 2.23. The summed E-state index contributed by atoms with van der Waals surface area (Å²) < 4.78 is 0. The van der Waals surface area contributed by atoms with Crippen LogP contribution in [0.3, 0.4) is 0 Å². The lowest BCUT2D eigenvalue weighted by atomic mass is 10.2. The van der Waals surface area contributed by atoms with Crippen LogP contribution in [0.5, 0.6) is 0 Å². The molecular formula is C11H17N3OS. The van der Waals surface area contributed by atoms with Crippen molar-refractivity contribution in [2.24, 2.45) is 5.73 Å². The molecule has 1 aliphatic rings. The highest BCUT2D eigenvalue weighted by molar-refractivity contribution is 7.09. The second-order valence-corrected chi connectivity index (χ2v) is 5.13. The molecule has 1 aliphatic carbocycles. The summed E-state index contributed by atoms with van der Waals surface area (Å²) in [4.78, 5) is 18.1. The molecule has 2 rings (SSSR count). The van der Waals surface area contributed by atoms with E-state index < -0.39 is 0 Å². The molecule has 1 amide bonds. The number of amides is 1. The van der Waals surface area contributed by atoms with Crippen molar-refractivity contribution in [2.75, 3.05) is 7.05 Å². The Hall–Kier alpha value is -0.940. The molecule has 0 aromatic carbocycles. The quantitative estimate of drug-likeness (QED) is 0.872. The highest BCUT2D eigenvalue weighted by atomic mass is 32.1. The van der Waals surface area contributed by atoms with Crippen LogP contribution in [0.25, 0.3) is 0 Å². The Labute approximate surface area is 99.5 Å². The Kier molecular flexibility index (Phi) is 3.56. The van der Waals surface area contributed by atoms with E-state index in [1.165, 1.54) is 24.2 Å². The van der Waals surface area contributed by atoms with Gasteiger partial charge >= 0.3 is 0 Å². The highest BCUT2D eigenvalue weighted by Gasteiger charge is 2.25. The van der Waals surface area contributed by atoms with Gasteiger partial charge in [-0.3, -0.25) is 4.79 Å². The van der Waals surface area contributed by atoms with Crippen LogP contribution in [0, 0.1) is 0 Å². The summed E-state index contributed by atoms with van der Waals surface area (Å²) in [7, 11) is 1.87. The number of thiazole rings is 1. The average molecular weight is 239 g/mol. The maximum atomic E-state index is 12.1. The molecule has 1 aromatic heterocycles. The maximum Gasteiger partial charge on any atom is 0.273 e. The van der Waals surface area contributed by atoms with E-state index in [1.54, 1.807) is 5.38 Å². The van der Waals surface area contributed by atoms with E-state index in [0.29, 0.717) is 18.3 Å². The molecule has 0 aliphatic heterocycles. The first-order valence-electron chi connectivity index (χ1n) is 5.64. The molecule has 2 N–H and O–H groups in total. The summed E-state index contributed by atoms with van der Waals surface area (Å²) in [5, 5.41) is 2.62. The standard InChI is InChI=1S/C11H17N3OS/c1-14(8-4-2-3-5-8)11(15)9-7-16-10(6-12)13-9/h7-8H,2-6,12H2,1H3. The number of rotatable bonds is 3. The van der Waals surface area contributed by atoms with E-state index in [-0.39, 0.29) is 5.91 Å². The van der Waals surface area contributed by atoms with Gasteiger partial charge in [0.05, 0.1) is 0 Å². The first kappa shape index (κ1) is 11.5. The van der Waals surface area contributed by atoms with Crippen LogP contribution >= 0.6 is 11.3 Å². The monoisotopic (exact) mass is 239 g/mol. The first-order valence-corrected chi connectivity index (χ1v) is 6.52. The van der Waals surface area contributed by atoms with Gasteiger partial charge in [-0.2, -0.15) is 0 Å². The number of hydrogen-bond donors (Lipinski definition) is 1. The third kappa shape index (κ3) is 2.25. The largest absolute Gasteiger partial charge is 0.337 e. The predicted octanol–water partition coefficient (Wildman–Crippen LogP) is 1.62.